The van der Waals surface area contributed by atoms with Crippen molar-refractivity contribution in [2.45, 2.75) is 0 Å². The van der Waals surface area contributed by atoms with Crippen LogP contribution in [0.5, 0.6) is 0 Å². The molecule has 0 bridgehead atoms. The van der Waals surface area contributed by atoms with Gasteiger partial charge in [0.05, 0.1) is 0 Å². The van der Waals surface area contributed by atoms with E-state index in [0.29, 0.717) is 12.2 Å². The number of carbonyl (C=O) groups excluding carboxylic acids is 1. The second-order valence-corrected chi connectivity index (χ2v) is 2.94. The maximum atomic E-state index is 11.8. The fourth-order valence-corrected chi connectivity index (χ4v) is 1.25. The summed E-state index contributed by atoms with van der Waals surface area (Å²) in [6, 6.07) is 5.32. The van der Waals surface area contributed by atoms with Crippen LogP contribution in [0.4, 0.5) is 0 Å². The molecule has 0 saturated carbocycles. The van der Waals surface area contributed by atoms with Gasteiger partial charge in [-0.05, 0) is 18.2 Å². The highest BCUT2D eigenvalue weighted by molar-refractivity contribution is 5.93. The van der Waals surface area contributed by atoms with E-state index >= 15 is 0 Å². The van der Waals surface area contributed by atoms with Crippen molar-refractivity contribution in [3.8, 4) is 0 Å². The molecule has 0 saturated heterocycles. The van der Waals surface area contributed by atoms with Gasteiger partial charge in [0, 0.05) is 18.9 Å². The summed E-state index contributed by atoms with van der Waals surface area (Å²) in [5.41, 5.74) is 0.479. The standard InChI is InChI=1S/C11H10N2O/c14-11(10-6-2-3-7-12-10)13-8-4-1-5-9-13/h1-8H,9H2. The van der Waals surface area contributed by atoms with Gasteiger partial charge >= 0.3 is 0 Å². The quantitative estimate of drug-likeness (QED) is 0.667. The Balaban J connectivity index is 2.17. The summed E-state index contributed by atoms with van der Waals surface area (Å²) in [5.74, 6) is -0.0637. The van der Waals surface area contributed by atoms with Crippen LogP contribution < -0.4 is 0 Å². The molecule has 3 heteroatoms. The molecule has 3 nitrogen and oxygen atoms in total. The zero-order valence-electron chi connectivity index (χ0n) is 7.63. The molecule has 0 radical (unpaired) electrons. The predicted octanol–water partition coefficient (Wildman–Crippen LogP) is 1.61. The van der Waals surface area contributed by atoms with E-state index in [4.69, 9.17) is 0 Å². The summed E-state index contributed by atoms with van der Waals surface area (Å²) in [6.45, 7) is 0.617. The highest BCUT2D eigenvalue weighted by Gasteiger charge is 2.13. The third-order valence-electron chi connectivity index (χ3n) is 1.96. The molecule has 0 unspecified atom stereocenters. The zero-order valence-corrected chi connectivity index (χ0v) is 7.63. The van der Waals surface area contributed by atoms with E-state index in [2.05, 4.69) is 4.98 Å². The van der Waals surface area contributed by atoms with Gasteiger partial charge in [0.2, 0.25) is 0 Å². The molecule has 1 aromatic rings. The number of hydrogen-bond donors (Lipinski definition) is 0. The number of carbonyl (C=O) groups is 1. The van der Waals surface area contributed by atoms with Crippen molar-refractivity contribution in [3.63, 3.8) is 0 Å². The smallest absolute Gasteiger partial charge is 0.276 e. The summed E-state index contributed by atoms with van der Waals surface area (Å²) in [7, 11) is 0. The van der Waals surface area contributed by atoms with Crippen LogP contribution >= 0.6 is 0 Å². The average Bonchev–Trinajstić information content (AvgIpc) is 2.30. The predicted molar refractivity (Wildman–Crippen MR) is 53.6 cm³/mol. The van der Waals surface area contributed by atoms with Gasteiger partial charge in [0.1, 0.15) is 5.69 Å². The normalized spacial score (nSPS) is 14.4. The zero-order chi connectivity index (χ0) is 9.80. The molecule has 14 heavy (non-hydrogen) atoms. The molecule has 1 amide bonds. The SMILES string of the molecule is O=C(c1ccccn1)N1C=CC=CC1. The van der Waals surface area contributed by atoms with E-state index in [1.165, 1.54) is 0 Å². The molecule has 0 atom stereocenters. The monoisotopic (exact) mass is 186 g/mol. The Labute approximate surface area is 82.4 Å². The molecule has 0 aromatic carbocycles. The lowest BCUT2D eigenvalue weighted by molar-refractivity contribution is 0.0828. The molecule has 1 aromatic heterocycles. The highest BCUT2D eigenvalue weighted by Crippen LogP contribution is 2.05. The summed E-state index contributed by atoms with van der Waals surface area (Å²) >= 11 is 0. The van der Waals surface area contributed by atoms with Crippen molar-refractivity contribution in [2.75, 3.05) is 6.54 Å². The van der Waals surface area contributed by atoms with Crippen molar-refractivity contribution in [2.24, 2.45) is 0 Å². The fraction of sp³-hybridized carbons (Fsp3) is 0.0909. The van der Waals surface area contributed by atoms with E-state index in [1.807, 2.05) is 24.3 Å². The topological polar surface area (TPSA) is 33.2 Å². The molecule has 0 spiro atoms. The molecule has 2 rings (SSSR count). The van der Waals surface area contributed by atoms with Crippen molar-refractivity contribution in [1.29, 1.82) is 0 Å². The number of nitrogens with zero attached hydrogens (tertiary/aromatic N) is 2. The maximum Gasteiger partial charge on any atom is 0.276 e. The largest absolute Gasteiger partial charge is 0.310 e. The molecule has 70 valence electrons. The van der Waals surface area contributed by atoms with E-state index in [0.717, 1.165) is 0 Å². The lowest BCUT2D eigenvalue weighted by atomic mass is 10.3. The molecule has 0 N–H and O–H groups in total. The molecule has 0 fully saturated rings. The van der Waals surface area contributed by atoms with Gasteiger partial charge in [-0.25, -0.2) is 0 Å². The number of aromatic nitrogens is 1. The van der Waals surface area contributed by atoms with Gasteiger partial charge in [-0.3, -0.25) is 9.78 Å². The van der Waals surface area contributed by atoms with Crippen LogP contribution in [0.1, 0.15) is 10.5 Å². The van der Waals surface area contributed by atoms with Crippen molar-refractivity contribution >= 4 is 5.91 Å². The van der Waals surface area contributed by atoms with E-state index in [9.17, 15) is 4.79 Å². The first-order chi connectivity index (χ1) is 6.88. The maximum absolute atomic E-state index is 11.8. The highest BCUT2D eigenvalue weighted by atomic mass is 16.2. The first-order valence-electron chi connectivity index (χ1n) is 4.43. The molecule has 1 aliphatic rings. The molecular weight excluding hydrogens is 176 g/mol. The molecule has 2 heterocycles. The second-order valence-electron chi connectivity index (χ2n) is 2.94. The van der Waals surface area contributed by atoms with Crippen LogP contribution in [0.3, 0.4) is 0 Å². The number of amides is 1. The summed E-state index contributed by atoms with van der Waals surface area (Å²) < 4.78 is 0. The van der Waals surface area contributed by atoms with Crippen LogP contribution in [-0.4, -0.2) is 22.3 Å². The lowest BCUT2D eigenvalue weighted by Crippen LogP contribution is -2.27. The van der Waals surface area contributed by atoms with Crippen LogP contribution in [0.25, 0.3) is 0 Å². The second kappa shape index (κ2) is 3.87. The van der Waals surface area contributed by atoms with Crippen molar-refractivity contribution < 1.29 is 4.79 Å². The number of pyridine rings is 1. The first kappa shape index (κ1) is 8.69. The summed E-state index contributed by atoms with van der Waals surface area (Å²) in [5, 5.41) is 0. The van der Waals surface area contributed by atoms with Gasteiger partial charge < -0.3 is 4.90 Å². The Kier molecular flexibility index (Phi) is 2.40. The number of allylic oxidation sites excluding steroid dienone is 2. The molecule has 0 aliphatic carbocycles. The van der Waals surface area contributed by atoms with Crippen molar-refractivity contribution in [1.82, 2.24) is 9.88 Å². The first-order valence-corrected chi connectivity index (χ1v) is 4.43. The Morgan fingerprint density at radius 2 is 2.29 bits per heavy atom. The van der Waals surface area contributed by atoms with Crippen LogP contribution in [0.2, 0.25) is 0 Å². The van der Waals surface area contributed by atoms with E-state index < -0.39 is 0 Å². The molecular formula is C11H10N2O. The minimum absolute atomic E-state index is 0.0637. The Morgan fingerprint density at radius 1 is 1.36 bits per heavy atom. The van der Waals surface area contributed by atoms with Gasteiger partial charge in [-0.15, -0.1) is 0 Å². The average molecular weight is 186 g/mol. The minimum atomic E-state index is -0.0637. The van der Waals surface area contributed by atoms with Crippen molar-refractivity contribution in [3.05, 3.63) is 54.5 Å². The lowest BCUT2D eigenvalue weighted by Gasteiger charge is -2.17. The van der Waals surface area contributed by atoms with Crippen LogP contribution in [0.15, 0.2) is 48.8 Å². The Bertz CT molecular complexity index is 382. The van der Waals surface area contributed by atoms with Gasteiger partial charge in [-0.1, -0.05) is 18.2 Å². The number of rotatable bonds is 1. The van der Waals surface area contributed by atoms with E-state index in [1.54, 1.807) is 29.4 Å². The third kappa shape index (κ3) is 1.71. The summed E-state index contributed by atoms with van der Waals surface area (Å²) in [6.07, 6.45) is 9.07. The fourth-order valence-electron chi connectivity index (χ4n) is 1.25. The van der Waals surface area contributed by atoms with Crippen LogP contribution in [0, 0.1) is 0 Å². The van der Waals surface area contributed by atoms with Gasteiger partial charge in [-0.2, -0.15) is 0 Å². The van der Waals surface area contributed by atoms with E-state index in [-0.39, 0.29) is 5.91 Å². The Morgan fingerprint density at radius 3 is 2.93 bits per heavy atom. The van der Waals surface area contributed by atoms with Gasteiger partial charge in [0.15, 0.2) is 0 Å². The van der Waals surface area contributed by atoms with Gasteiger partial charge in [0.25, 0.3) is 5.91 Å². The minimum Gasteiger partial charge on any atom is -0.310 e. The number of hydrogen-bond acceptors (Lipinski definition) is 2. The Hall–Kier alpha value is -1.90. The summed E-state index contributed by atoms with van der Waals surface area (Å²) in [4.78, 5) is 17.4. The molecule has 1 aliphatic heterocycles. The third-order valence-corrected chi connectivity index (χ3v) is 1.96. The van der Waals surface area contributed by atoms with Crippen LogP contribution in [-0.2, 0) is 0 Å².